The molecule has 0 aromatic carbocycles. The number of piperidine rings is 1. The van der Waals surface area contributed by atoms with Gasteiger partial charge in [0.15, 0.2) is 0 Å². The van der Waals surface area contributed by atoms with Crippen molar-refractivity contribution >= 4 is 5.91 Å². The Morgan fingerprint density at radius 1 is 1.38 bits per heavy atom. The molecule has 3 rings (SSSR count). The molecule has 2 atom stereocenters. The Morgan fingerprint density at radius 3 is 2.88 bits per heavy atom. The van der Waals surface area contributed by atoms with Gasteiger partial charge in [-0.2, -0.15) is 0 Å². The first kappa shape index (κ1) is 10.1. The smallest absolute Gasteiger partial charge is 0.229 e. The maximum atomic E-state index is 12.4. The maximum Gasteiger partial charge on any atom is 0.229 e. The zero-order chi connectivity index (χ0) is 11.2. The van der Waals surface area contributed by atoms with Crippen LogP contribution in [-0.4, -0.2) is 22.9 Å². The molecule has 0 radical (unpaired) electrons. The number of amides is 1. The Bertz CT molecular complexity index is 354. The highest BCUT2D eigenvalue weighted by Crippen LogP contribution is 2.57. The van der Waals surface area contributed by atoms with Crippen molar-refractivity contribution in [2.45, 2.75) is 50.6 Å². The lowest BCUT2D eigenvalue weighted by Gasteiger charge is -2.36. The number of fused-ring (bicyclic) bond motifs is 1. The third-order valence-corrected chi connectivity index (χ3v) is 4.43. The van der Waals surface area contributed by atoms with Gasteiger partial charge in [0.2, 0.25) is 5.91 Å². The van der Waals surface area contributed by atoms with Crippen molar-refractivity contribution in [2.75, 3.05) is 0 Å². The third kappa shape index (κ3) is 1.35. The minimum atomic E-state index is 0.0925. The monoisotopic (exact) mass is 217 g/mol. The van der Waals surface area contributed by atoms with Gasteiger partial charge in [0.25, 0.3) is 0 Å². The van der Waals surface area contributed by atoms with E-state index in [0.717, 1.165) is 25.7 Å². The fraction of sp³-hybridized carbons (Fsp3) is 0.643. The highest BCUT2D eigenvalue weighted by Gasteiger charge is 2.60. The number of carbonyl (C=O) groups excluding carboxylic acids is 1. The van der Waals surface area contributed by atoms with E-state index in [-0.39, 0.29) is 5.41 Å². The minimum Gasteiger partial charge on any atom is -0.333 e. The summed E-state index contributed by atoms with van der Waals surface area (Å²) in [6, 6.07) is 0.868. The predicted octanol–water partition coefficient (Wildman–Crippen LogP) is 2.66. The Labute approximate surface area is 97.0 Å². The van der Waals surface area contributed by atoms with Crippen LogP contribution in [0.5, 0.6) is 0 Å². The standard InChI is InChI=1S/C14H19NO/c1-2-3-5-11-6-4-7-12-10-14(8-9-14)13(16)15(11)12/h2-3,5,11-12H,1,4,6-10H2. The molecule has 1 spiro atoms. The van der Waals surface area contributed by atoms with E-state index in [1.54, 1.807) is 6.08 Å². The van der Waals surface area contributed by atoms with E-state index in [1.807, 2.05) is 6.08 Å². The number of hydrogen-bond acceptors (Lipinski definition) is 1. The van der Waals surface area contributed by atoms with Crippen molar-refractivity contribution in [3.8, 4) is 0 Å². The second-order valence-electron chi connectivity index (χ2n) is 5.47. The van der Waals surface area contributed by atoms with Crippen LogP contribution in [0.15, 0.2) is 24.8 Å². The van der Waals surface area contributed by atoms with Crippen LogP contribution in [0.2, 0.25) is 0 Å². The molecule has 3 fully saturated rings. The van der Waals surface area contributed by atoms with Crippen LogP contribution in [0.4, 0.5) is 0 Å². The Hall–Kier alpha value is -1.05. The molecular formula is C14H19NO. The van der Waals surface area contributed by atoms with Gasteiger partial charge in [-0.3, -0.25) is 4.79 Å². The number of carbonyl (C=O) groups is 1. The van der Waals surface area contributed by atoms with E-state index < -0.39 is 0 Å². The summed E-state index contributed by atoms with van der Waals surface area (Å²) in [6.45, 7) is 3.70. The molecule has 2 saturated heterocycles. The van der Waals surface area contributed by atoms with E-state index in [4.69, 9.17) is 0 Å². The lowest BCUT2D eigenvalue weighted by molar-refractivity contribution is -0.135. The van der Waals surface area contributed by atoms with Crippen molar-refractivity contribution in [1.82, 2.24) is 4.90 Å². The molecule has 0 N–H and O–H groups in total. The normalized spacial score (nSPS) is 35.8. The van der Waals surface area contributed by atoms with Crippen molar-refractivity contribution in [3.05, 3.63) is 24.8 Å². The number of hydrogen-bond donors (Lipinski definition) is 0. The Balaban J connectivity index is 1.84. The second kappa shape index (κ2) is 3.47. The largest absolute Gasteiger partial charge is 0.333 e. The van der Waals surface area contributed by atoms with Gasteiger partial charge in [0, 0.05) is 6.04 Å². The number of allylic oxidation sites excluding steroid dienone is 2. The molecular weight excluding hydrogens is 198 g/mol. The molecule has 2 heterocycles. The van der Waals surface area contributed by atoms with E-state index in [0.29, 0.717) is 18.0 Å². The summed E-state index contributed by atoms with van der Waals surface area (Å²) in [6.07, 6.45) is 12.9. The molecule has 2 heteroatoms. The zero-order valence-electron chi connectivity index (χ0n) is 9.69. The number of rotatable bonds is 2. The molecule has 86 valence electrons. The molecule has 1 aliphatic carbocycles. The van der Waals surface area contributed by atoms with Gasteiger partial charge in [-0.25, -0.2) is 0 Å². The fourth-order valence-electron chi connectivity index (χ4n) is 3.41. The van der Waals surface area contributed by atoms with Crippen LogP contribution >= 0.6 is 0 Å². The summed E-state index contributed by atoms with van der Waals surface area (Å²) >= 11 is 0. The van der Waals surface area contributed by atoms with E-state index in [2.05, 4.69) is 17.6 Å². The van der Waals surface area contributed by atoms with Crippen LogP contribution in [0.3, 0.4) is 0 Å². The molecule has 0 aromatic heterocycles. The summed E-state index contributed by atoms with van der Waals surface area (Å²) in [4.78, 5) is 14.5. The van der Waals surface area contributed by atoms with Crippen LogP contribution in [0.25, 0.3) is 0 Å². The van der Waals surface area contributed by atoms with Crippen LogP contribution < -0.4 is 0 Å². The van der Waals surface area contributed by atoms with Gasteiger partial charge in [-0.05, 0) is 38.5 Å². The average molecular weight is 217 g/mol. The molecule has 0 aromatic rings. The molecule has 2 nitrogen and oxygen atoms in total. The topological polar surface area (TPSA) is 20.3 Å². The van der Waals surface area contributed by atoms with Gasteiger partial charge in [-0.1, -0.05) is 24.8 Å². The molecule has 1 amide bonds. The predicted molar refractivity (Wildman–Crippen MR) is 63.9 cm³/mol. The SMILES string of the molecule is C=CC=CC1CCCC2CC3(CC3)C(=O)N12. The summed E-state index contributed by atoms with van der Waals surface area (Å²) in [5.41, 5.74) is 0.0925. The Morgan fingerprint density at radius 2 is 2.19 bits per heavy atom. The lowest BCUT2D eigenvalue weighted by atomic mass is 9.94. The van der Waals surface area contributed by atoms with Gasteiger partial charge in [0.1, 0.15) is 0 Å². The molecule has 3 aliphatic rings. The van der Waals surface area contributed by atoms with Crippen molar-refractivity contribution in [3.63, 3.8) is 0 Å². The van der Waals surface area contributed by atoms with Crippen LogP contribution in [-0.2, 0) is 4.79 Å². The number of nitrogens with zero attached hydrogens (tertiary/aromatic N) is 1. The van der Waals surface area contributed by atoms with E-state index >= 15 is 0 Å². The maximum absolute atomic E-state index is 12.4. The lowest BCUT2D eigenvalue weighted by Crippen LogP contribution is -2.44. The molecule has 2 unspecified atom stereocenters. The molecule has 16 heavy (non-hydrogen) atoms. The van der Waals surface area contributed by atoms with Crippen molar-refractivity contribution in [2.24, 2.45) is 5.41 Å². The van der Waals surface area contributed by atoms with Gasteiger partial charge in [0.05, 0.1) is 11.5 Å². The quantitative estimate of drug-likeness (QED) is 0.651. The third-order valence-electron chi connectivity index (χ3n) is 4.43. The highest BCUT2D eigenvalue weighted by atomic mass is 16.2. The zero-order valence-corrected chi connectivity index (χ0v) is 9.69. The minimum absolute atomic E-state index is 0.0925. The fourth-order valence-corrected chi connectivity index (χ4v) is 3.41. The highest BCUT2D eigenvalue weighted by molar-refractivity contribution is 5.88. The second-order valence-corrected chi connectivity index (χ2v) is 5.47. The van der Waals surface area contributed by atoms with Crippen molar-refractivity contribution in [1.29, 1.82) is 0 Å². The summed E-state index contributed by atoms with van der Waals surface area (Å²) < 4.78 is 0. The summed E-state index contributed by atoms with van der Waals surface area (Å²) in [5.74, 6) is 0.441. The van der Waals surface area contributed by atoms with E-state index in [9.17, 15) is 4.79 Å². The summed E-state index contributed by atoms with van der Waals surface area (Å²) in [7, 11) is 0. The van der Waals surface area contributed by atoms with Gasteiger partial charge in [-0.15, -0.1) is 0 Å². The molecule has 2 aliphatic heterocycles. The van der Waals surface area contributed by atoms with Crippen molar-refractivity contribution < 1.29 is 4.79 Å². The average Bonchev–Trinajstić information content (AvgIpc) is 3.00. The van der Waals surface area contributed by atoms with Crippen LogP contribution in [0.1, 0.15) is 38.5 Å². The van der Waals surface area contributed by atoms with Gasteiger partial charge >= 0.3 is 0 Å². The first-order valence-electron chi connectivity index (χ1n) is 6.39. The first-order chi connectivity index (χ1) is 7.77. The summed E-state index contributed by atoms with van der Waals surface area (Å²) in [5, 5.41) is 0. The first-order valence-corrected chi connectivity index (χ1v) is 6.39. The van der Waals surface area contributed by atoms with Gasteiger partial charge < -0.3 is 4.90 Å². The Kier molecular flexibility index (Phi) is 2.20. The van der Waals surface area contributed by atoms with E-state index in [1.165, 1.54) is 12.8 Å². The molecule has 1 saturated carbocycles. The van der Waals surface area contributed by atoms with Crippen LogP contribution in [0, 0.1) is 5.41 Å². The molecule has 0 bridgehead atoms.